The molecule has 0 radical (unpaired) electrons. The molecule has 3 aliphatic heterocycles. The topological polar surface area (TPSA) is 232 Å². The molecule has 3 rings (SSSR count). The van der Waals surface area contributed by atoms with Crippen molar-refractivity contribution >= 4 is 23.6 Å². The average molecular weight is 970 g/mol. The van der Waals surface area contributed by atoms with Gasteiger partial charge in [0.1, 0.15) is 36.6 Å². The summed E-state index contributed by atoms with van der Waals surface area (Å²) in [6, 6.07) is -2.30. The maximum Gasteiger partial charge on any atom is 0.308 e. The minimum atomic E-state index is -1.43. The molecule has 18 heteroatoms. The van der Waals surface area contributed by atoms with Gasteiger partial charge < -0.3 is 68.7 Å². The van der Waals surface area contributed by atoms with Crippen molar-refractivity contribution in [2.24, 2.45) is 23.7 Å². The second-order valence-electron chi connectivity index (χ2n) is 20.7. The lowest BCUT2D eigenvalue weighted by Crippen LogP contribution is -2.63. The van der Waals surface area contributed by atoms with Crippen molar-refractivity contribution in [3.63, 3.8) is 0 Å². The van der Waals surface area contributed by atoms with Gasteiger partial charge in [-0.15, -0.1) is 0 Å². The van der Waals surface area contributed by atoms with Crippen LogP contribution < -0.4 is 5.32 Å². The van der Waals surface area contributed by atoms with Crippen molar-refractivity contribution in [2.75, 3.05) is 34.9 Å². The van der Waals surface area contributed by atoms with Gasteiger partial charge >= 0.3 is 5.97 Å². The zero-order chi connectivity index (χ0) is 51.5. The van der Waals surface area contributed by atoms with Gasteiger partial charge in [0.05, 0.1) is 49.6 Å². The van der Waals surface area contributed by atoms with Gasteiger partial charge in [-0.25, -0.2) is 0 Å². The van der Waals surface area contributed by atoms with Crippen molar-refractivity contribution in [1.82, 2.24) is 15.1 Å². The number of amides is 2. The lowest BCUT2D eigenvalue weighted by atomic mass is 9.77. The number of aliphatic hydroxyl groups excluding tert-OH is 4. The Hall–Kier alpha value is -2.88. The number of allylic oxidation sites excluding steroid dienone is 3. The molecular formula is C50H87N3O15. The smallest absolute Gasteiger partial charge is 0.308 e. The van der Waals surface area contributed by atoms with Crippen LogP contribution in [-0.2, 0) is 52.3 Å². The molecular weight excluding hydrogens is 883 g/mol. The monoisotopic (exact) mass is 970 g/mol. The van der Waals surface area contributed by atoms with Crippen LogP contribution in [0.25, 0.3) is 0 Å². The molecule has 2 fully saturated rings. The summed E-state index contributed by atoms with van der Waals surface area (Å²) in [6.07, 6.45) is -7.03. The zero-order valence-electron chi connectivity index (χ0n) is 43.6. The largest absolute Gasteiger partial charge is 0.462 e. The number of hydrogen-bond donors (Lipinski definition) is 5. The summed E-state index contributed by atoms with van der Waals surface area (Å²) in [5.41, 5.74) is -0.0176. The first-order valence-electron chi connectivity index (χ1n) is 24.5. The molecule has 0 saturated carbocycles. The van der Waals surface area contributed by atoms with E-state index in [9.17, 15) is 39.6 Å². The summed E-state index contributed by atoms with van der Waals surface area (Å²) < 4.78 is 42.6. The molecule has 2 saturated heterocycles. The lowest BCUT2D eigenvalue weighted by molar-refractivity contribution is -0.304. The SMILES string of the molecule is CCC(=O)N(C(C)C)C(C[C@H]1C[C@@H](C)C(=O)/C=C/C(C)=C/[C@H](CO[C@H]2O[C@@H](C)[C@H](O)[C@H](OC)[C@@H]2OC)[C@@H](CC)OC(=O)C[C@@H](O)[C@H](C)[C@H]1O[C@@H]1O[C@H](C)[C@@H](O)[C@H](N(C)C)[C@H]1O)C(=O)NC(C)(C)C. The highest BCUT2D eigenvalue weighted by Crippen LogP contribution is 2.37. The molecule has 392 valence electrons. The summed E-state index contributed by atoms with van der Waals surface area (Å²) in [5, 5.41) is 48.8. The number of nitrogens with zero attached hydrogens (tertiary/aromatic N) is 2. The van der Waals surface area contributed by atoms with Gasteiger partial charge in [0.15, 0.2) is 18.4 Å². The number of methoxy groups -OCH3 is 2. The molecule has 18 atom stereocenters. The molecule has 3 aliphatic rings. The Morgan fingerprint density at radius 3 is 2.03 bits per heavy atom. The van der Waals surface area contributed by atoms with Crippen LogP contribution in [-0.4, -0.2) is 186 Å². The van der Waals surface area contributed by atoms with Crippen molar-refractivity contribution in [2.45, 2.75) is 212 Å². The highest BCUT2D eigenvalue weighted by Gasteiger charge is 2.49. The summed E-state index contributed by atoms with van der Waals surface area (Å²) in [6.45, 7) is 21.3. The summed E-state index contributed by atoms with van der Waals surface area (Å²) in [5.74, 6) is -4.64. The van der Waals surface area contributed by atoms with Gasteiger partial charge in [-0.3, -0.25) is 19.2 Å². The van der Waals surface area contributed by atoms with Crippen LogP contribution in [0.4, 0.5) is 0 Å². The molecule has 68 heavy (non-hydrogen) atoms. The van der Waals surface area contributed by atoms with Gasteiger partial charge in [0, 0.05) is 50.0 Å². The molecule has 5 N–H and O–H groups in total. The Labute approximate surface area is 405 Å². The summed E-state index contributed by atoms with van der Waals surface area (Å²) >= 11 is 0. The van der Waals surface area contributed by atoms with E-state index in [-0.39, 0.29) is 37.6 Å². The summed E-state index contributed by atoms with van der Waals surface area (Å²) in [7, 11) is 6.35. The van der Waals surface area contributed by atoms with Crippen LogP contribution in [0.1, 0.15) is 115 Å². The molecule has 0 spiro atoms. The molecule has 0 aromatic rings. The molecule has 0 bridgehead atoms. The van der Waals surface area contributed by atoms with E-state index < -0.39 is 139 Å². The number of carbonyl (C=O) groups is 4. The first kappa shape index (κ1) is 59.4. The molecule has 2 amide bonds. The lowest BCUT2D eigenvalue weighted by Gasteiger charge is -2.47. The Morgan fingerprint density at radius 1 is 0.882 bits per heavy atom. The van der Waals surface area contributed by atoms with Gasteiger partial charge in [-0.05, 0) is 101 Å². The standard InChI is InChI=1S/C50H87N3O15/c1-17-37-33(25-64-49-46(63-16)45(62-15)42(59)31(9)66-49)21-27(5)19-20-35(54)28(6)22-32(23-34(47(61)51-50(10,11)12)53(26(3)4)38(56)18-2)44(29(7)36(55)24-39(57)67-37)68-48-43(60)40(52(13)14)41(58)30(8)65-48/h19-21,26,28-34,36-37,40-46,48-49,55,58-60H,17-18,22-25H2,1-16H3,(H,51,61)/b20-19+,27-21+/t28-,29+,30-,31+,32-,33-,34?,36-,37-,40+,41-,42+,43-,44-,45+,46+,48+,49+/m1/s1. The number of aliphatic hydroxyl groups is 4. The summed E-state index contributed by atoms with van der Waals surface area (Å²) in [4.78, 5) is 59.8. The predicted octanol–water partition coefficient (Wildman–Crippen LogP) is 3.29. The van der Waals surface area contributed by atoms with Crippen LogP contribution >= 0.6 is 0 Å². The minimum Gasteiger partial charge on any atom is -0.462 e. The average Bonchev–Trinajstić information content (AvgIpc) is 3.25. The van der Waals surface area contributed by atoms with Gasteiger partial charge in [0.25, 0.3) is 0 Å². The molecule has 0 aromatic heterocycles. The van der Waals surface area contributed by atoms with Crippen LogP contribution in [0, 0.1) is 23.7 Å². The third kappa shape index (κ3) is 15.8. The van der Waals surface area contributed by atoms with E-state index in [0.717, 1.165) is 0 Å². The van der Waals surface area contributed by atoms with Crippen LogP contribution in [0.3, 0.4) is 0 Å². The van der Waals surface area contributed by atoms with E-state index in [1.807, 2.05) is 54.5 Å². The number of carbonyl (C=O) groups excluding carboxylic acids is 4. The number of likely N-dealkylation sites (N-methyl/N-ethyl adjacent to an activating group) is 1. The second kappa shape index (κ2) is 26.5. The quantitative estimate of drug-likeness (QED) is 0.148. The number of nitrogens with one attached hydrogen (secondary N) is 1. The third-order valence-electron chi connectivity index (χ3n) is 13.5. The number of esters is 1. The van der Waals surface area contributed by atoms with Crippen LogP contribution in [0.2, 0.25) is 0 Å². The van der Waals surface area contributed by atoms with E-state index in [1.165, 1.54) is 20.3 Å². The fraction of sp³-hybridized carbons (Fsp3) is 0.840. The maximum atomic E-state index is 14.5. The Bertz CT molecular complexity index is 1690. The minimum absolute atomic E-state index is 0.0235. The Morgan fingerprint density at radius 2 is 1.49 bits per heavy atom. The molecule has 0 aromatic carbocycles. The van der Waals surface area contributed by atoms with Crippen molar-refractivity contribution < 1.29 is 72.8 Å². The first-order valence-corrected chi connectivity index (χ1v) is 24.5. The fourth-order valence-corrected chi connectivity index (χ4v) is 9.73. The Balaban J connectivity index is 2.22. The second-order valence-corrected chi connectivity index (χ2v) is 20.7. The van der Waals surface area contributed by atoms with E-state index in [1.54, 1.807) is 64.6 Å². The molecule has 3 heterocycles. The van der Waals surface area contributed by atoms with E-state index >= 15 is 0 Å². The highest BCUT2D eigenvalue weighted by molar-refractivity contribution is 5.92. The fourth-order valence-electron chi connectivity index (χ4n) is 9.73. The Kier molecular flexibility index (Phi) is 23.2. The highest BCUT2D eigenvalue weighted by atomic mass is 16.7. The number of ether oxygens (including phenoxy) is 7. The molecule has 1 unspecified atom stereocenters. The van der Waals surface area contributed by atoms with Gasteiger partial charge in [-0.2, -0.15) is 0 Å². The van der Waals surface area contributed by atoms with E-state index in [4.69, 9.17) is 33.2 Å². The van der Waals surface area contributed by atoms with Crippen molar-refractivity contribution in [3.8, 4) is 0 Å². The normalized spacial score (nSPS) is 37.8. The van der Waals surface area contributed by atoms with Crippen molar-refractivity contribution in [3.05, 3.63) is 23.8 Å². The maximum absolute atomic E-state index is 14.5. The van der Waals surface area contributed by atoms with E-state index in [2.05, 4.69) is 5.32 Å². The number of cyclic esters (lactones) is 1. The number of hydrogen-bond acceptors (Lipinski definition) is 16. The first-order chi connectivity index (χ1) is 31.7. The third-order valence-corrected chi connectivity index (χ3v) is 13.5. The molecule has 18 nitrogen and oxygen atoms in total. The van der Waals surface area contributed by atoms with Gasteiger partial charge in [-0.1, -0.05) is 45.4 Å². The number of ketones is 1. The number of rotatable bonds is 15. The molecule has 0 aliphatic carbocycles. The van der Waals surface area contributed by atoms with Crippen molar-refractivity contribution in [1.29, 1.82) is 0 Å². The van der Waals surface area contributed by atoms with Crippen LogP contribution in [0.5, 0.6) is 0 Å². The predicted molar refractivity (Wildman–Crippen MR) is 254 cm³/mol. The van der Waals surface area contributed by atoms with E-state index in [0.29, 0.717) is 12.0 Å². The van der Waals surface area contributed by atoms with Gasteiger partial charge in [0.2, 0.25) is 11.8 Å². The van der Waals surface area contributed by atoms with Crippen LogP contribution in [0.15, 0.2) is 23.8 Å². The zero-order valence-corrected chi connectivity index (χ0v) is 43.6.